The number of sulfonamides is 1. The SMILES string of the molecule is O=C(CCCc1ccccc1)N[C@H]1C[C@H]2C(=O)N(C3CC3)S(=O)(=O)CCN2C1. The standard InChI is InChI=1S/C20H27N3O4S/c24-19(8-4-7-15-5-2-1-3-6-15)21-16-13-18-20(25)23(17-9-10-17)28(26,27)12-11-22(18)14-16/h1-3,5-6,16-18H,4,7-14H2,(H,21,24)/t16-,18-/m0/s1. The molecule has 28 heavy (non-hydrogen) atoms. The Morgan fingerprint density at radius 3 is 2.64 bits per heavy atom. The molecule has 2 atom stereocenters. The van der Waals surface area contributed by atoms with Crippen molar-refractivity contribution in [2.75, 3.05) is 18.8 Å². The van der Waals surface area contributed by atoms with Gasteiger partial charge in [0.25, 0.3) is 5.91 Å². The predicted octanol–water partition coefficient (Wildman–Crippen LogP) is 0.903. The second kappa shape index (κ2) is 7.83. The lowest BCUT2D eigenvalue weighted by Gasteiger charge is -2.23. The van der Waals surface area contributed by atoms with Gasteiger partial charge in [0.05, 0.1) is 11.8 Å². The largest absolute Gasteiger partial charge is 0.352 e. The summed E-state index contributed by atoms with van der Waals surface area (Å²) in [6.07, 6.45) is 4.11. The summed E-state index contributed by atoms with van der Waals surface area (Å²) in [4.78, 5) is 27.1. The zero-order chi connectivity index (χ0) is 19.7. The van der Waals surface area contributed by atoms with Gasteiger partial charge in [0, 0.05) is 31.6 Å². The second-order valence-electron chi connectivity index (χ2n) is 8.03. The molecule has 1 aromatic rings. The highest BCUT2D eigenvalue weighted by Crippen LogP contribution is 2.34. The average Bonchev–Trinajstić information content (AvgIpc) is 3.41. The van der Waals surface area contributed by atoms with Crippen molar-refractivity contribution in [1.82, 2.24) is 14.5 Å². The van der Waals surface area contributed by atoms with Gasteiger partial charge in [-0.25, -0.2) is 12.7 Å². The fraction of sp³-hybridized carbons (Fsp3) is 0.600. The van der Waals surface area contributed by atoms with Crippen LogP contribution in [0, 0.1) is 0 Å². The molecule has 2 aliphatic heterocycles. The second-order valence-corrected chi connectivity index (χ2v) is 10.00. The van der Waals surface area contributed by atoms with E-state index < -0.39 is 16.1 Å². The van der Waals surface area contributed by atoms with E-state index in [2.05, 4.69) is 17.4 Å². The van der Waals surface area contributed by atoms with Crippen molar-refractivity contribution in [3.63, 3.8) is 0 Å². The Balaban J connectivity index is 1.30. The highest BCUT2D eigenvalue weighted by atomic mass is 32.2. The first kappa shape index (κ1) is 19.4. The first-order valence-corrected chi connectivity index (χ1v) is 11.7. The predicted molar refractivity (Wildman–Crippen MR) is 105 cm³/mol. The number of amides is 2. The normalized spacial score (nSPS) is 27.3. The Hall–Kier alpha value is -1.93. The molecule has 1 N–H and O–H groups in total. The fourth-order valence-electron chi connectivity index (χ4n) is 4.24. The molecular weight excluding hydrogens is 378 g/mol. The van der Waals surface area contributed by atoms with Crippen molar-refractivity contribution in [2.45, 2.75) is 56.7 Å². The van der Waals surface area contributed by atoms with Gasteiger partial charge in [-0.2, -0.15) is 0 Å². The van der Waals surface area contributed by atoms with Gasteiger partial charge in [0.1, 0.15) is 0 Å². The van der Waals surface area contributed by atoms with Crippen LogP contribution in [0.3, 0.4) is 0 Å². The quantitative estimate of drug-likeness (QED) is 0.760. The molecule has 4 rings (SSSR count). The van der Waals surface area contributed by atoms with Gasteiger partial charge in [-0.15, -0.1) is 0 Å². The lowest BCUT2D eigenvalue weighted by Crippen LogP contribution is -2.45. The smallest absolute Gasteiger partial charge is 0.253 e. The molecule has 3 fully saturated rings. The molecule has 8 heteroatoms. The summed E-state index contributed by atoms with van der Waals surface area (Å²) in [5.41, 5.74) is 1.22. The number of fused-ring (bicyclic) bond motifs is 1. The van der Waals surface area contributed by atoms with E-state index in [-0.39, 0.29) is 29.7 Å². The molecule has 2 heterocycles. The molecule has 1 saturated carbocycles. The maximum absolute atomic E-state index is 12.9. The zero-order valence-electron chi connectivity index (χ0n) is 15.9. The van der Waals surface area contributed by atoms with Crippen LogP contribution in [-0.2, 0) is 26.0 Å². The molecule has 152 valence electrons. The lowest BCUT2D eigenvalue weighted by atomic mass is 10.1. The number of hydrogen-bond donors (Lipinski definition) is 1. The van der Waals surface area contributed by atoms with E-state index in [9.17, 15) is 18.0 Å². The number of aryl methyl sites for hydroxylation is 1. The van der Waals surface area contributed by atoms with E-state index in [0.717, 1.165) is 30.0 Å². The molecule has 3 aliphatic rings. The molecule has 2 amide bonds. The van der Waals surface area contributed by atoms with Crippen molar-refractivity contribution >= 4 is 21.8 Å². The highest BCUT2D eigenvalue weighted by Gasteiger charge is 2.49. The van der Waals surface area contributed by atoms with E-state index in [4.69, 9.17) is 0 Å². The number of carbonyl (C=O) groups is 2. The zero-order valence-corrected chi connectivity index (χ0v) is 16.7. The summed E-state index contributed by atoms with van der Waals surface area (Å²) in [6.45, 7) is 0.886. The van der Waals surface area contributed by atoms with Crippen LogP contribution in [0.25, 0.3) is 0 Å². The minimum absolute atomic E-state index is 0.00212. The molecule has 1 aromatic carbocycles. The van der Waals surface area contributed by atoms with Crippen molar-refractivity contribution in [3.8, 4) is 0 Å². The molecule has 0 bridgehead atoms. The highest BCUT2D eigenvalue weighted by molar-refractivity contribution is 7.89. The molecule has 0 aromatic heterocycles. The van der Waals surface area contributed by atoms with Gasteiger partial charge in [-0.3, -0.25) is 14.5 Å². The molecule has 0 spiro atoms. The molecule has 0 unspecified atom stereocenters. The number of nitrogens with zero attached hydrogens (tertiary/aromatic N) is 2. The molecule has 1 aliphatic carbocycles. The van der Waals surface area contributed by atoms with E-state index >= 15 is 0 Å². The van der Waals surface area contributed by atoms with Gasteiger partial charge in [0.2, 0.25) is 15.9 Å². The van der Waals surface area contributed by atoms with Gasteiger partial charge < -0.3 is 5.32 Å². The van der Waals surface area contributed by atoms with Gasteiger partial charge in [-0.1, -0.05) is 30.3 Å². The van der Waals surface area contributed by atoms with Crippen molar-refractivity contribution in [1.29, 1.82) is 0 Å². The third-order valence-corrected chi connectivity index (χ3v) is 7.57. The Kier molecular flexibility index (Phi) is 5.42. The van der Waals surface area contributed by atoms with E-state index in [1.54, 1.807) is 0 Å². The molecular formula is C20H27N3O4S. The van der Waals surface area contributed by atoms with Crippen LogP contribution in [0.1, 0.15) is 37.7 Å². The van der Waals surface area contributed by atoms with E-state index in [0.29, 0.717) is 25.9 Å². The summed E-state index contributed by atoms with van der Waals surface area (Å²) in [5, 5.41) is 3.04. The number of benzene rings is 1. The summed E-state index contributed by atoms with van der Waals surface area (Å²) in [5.74, 6) is -0.331. The van der Waals surface area contributed by atoms with Gasteiger partial charge in [0.15, 0.2) is 0 Å². The van der Waals surface area contributed by atoms with E-state index in [1.165, 1.54) is 5.56 Å². The minimum Gasteiger partial charge on any atom is -0.352 e. The Labute approximate surface area is 166 Å². The summed E-state index contributed by atoms with van der Waals surface area (Å²) in [7, 11) is -3.51. The Morgan fingerprint density at radius 2 is 1.93 bits per heavy atom. The number of nitrogens with one attached hydrogen (secondary N) is 1. The van der Waals surface area contributed by atoms with Crippen LogP contribution in [-0.4, -0.2) is 66.4 Å². The van der Waals surface area contributed by atoms with Crippen LogP contribution < -0.4 is 5.32 Å². The van der Waals surface area contributed by atoms with Crippen LogP contribution in [0.4, 0.5) is 0 Å². The molecule has 7 nitrogen and oxygen atoms in total. The topological polar surface area (TPSA) is 86.8 Å². The van der Waals surface area contributed by atoms with Crippen LogP contribution in [0.5, 0.6) is 0 Å². The first-order valence-electron chi connectivity index (χ1n) is 10.1. The Bertz CT molecular complexity index is 838. The third kappa shape index (κ3) is 4.22. The third-order valence-electron chi connectivity index (χ3n) is 5.80. The molecule has 2 saturated heterocycles. The van der Waals surface area contributed by atoms with E-state index in [1.807, 2.05) is 23.1 Å². The summed E-state index contributed by atoms with van der Waals surface area (Å²) < 4.78 is 26.0. The number of rotatable bonds is 6. The van der Waals surface area contributed by atoms with Crippen molar-refractivity contribution in [3.05, 3.63) is 35.9 Å². The Morgan fingerprint density at radius 1 is 1.18 bits per heavy atom. The minimum atomic E-state index is -3.51. The summed E-state index contributed by atoms with van der Waals surface area (Å²) in [6, 6.07) is 9.40. The van der Waals surface area contributed by atoms with Crippen molar-refractivity contribution < 1.29 is 18.0 Å². The van der Waals surface area contributed by atoms with Crippen LogP contribution in [0.2, 0.25) is 0 Å². The fourth-order valence-corrected chi connectivity index (χ4v) is 5.96. The van der Waals surface area contributed by atoms with Gasteiger partial charge in [-0.05, 0) is 37.7 Å². The maximum atomic E-state index is 12.9. The molecule has 0 radical (unpaired) electrons. The first-order chi connectivity index (χ1) is 13.4. The lowest BCUT2D eigenvalue weighted by molar-refractivity contribution is -0.131. The average molecular weight is 406 g/mol. The number of carbonyl (C=O) groups excluding carboxylic acids is 2. The summed E-state index contributed by atoms with van der Waals surface area (Å²) >= 11 is 0. The van der Waals surface area contributed by atoms with Crippen LogP contribution in [0.15, 0.2) is 30.3 Å². The van der Waals surface area contributed by atoms with Gasteiger partial charge >= 0.3 is 0 Å². The maximum Gasteiger partial charge on any atom is 0.253 e. The number of hydrogen-bond acceptors (Lipinski definition) is 5. The monoisotopic (exact) mass is 405 g/mol. The van der Waals surface area contributed by atoms with Crippen LogP contribution >= 0.6 is 0 Å². The van der Waals surface area contributed by atoms with Crippen molar-refractivity contribution in [2.24, 2.45) is 0 Å².